The van der Waals surface area contributed by atoms with Crippen molar-refractivity contribution in [3.63, 3.8) is 0 Å². The minimum Gasteiger partial charge on any atom is -0.381 e. The predicted octanol–water partition coefficient (Wildman–Crippen LogP) is 3.10. The van der Waals surface area contributed by atoms with Crippen LogP contribution in [0.5, 0.6) is 0 Å². The quantitative estimate of drug-likeness (QED) is 0.923. The highest BCUT2D eigenvalue weighted by atomic mass is 79.9. The summed E-state index contributed by atoms with van der Waals surface area (Å²) in [6, 6.07) is 5.54. The van der Waals surface area contributed by atoms with E-state index in [1.807, 2.05) is 12.1 Å². The van der Waals surface area contributed by atoms with E-state index in [9.17, 15) is 4.39 Å². The number of rotatable bonds is 4. The third-order valence-electron chi connectivity index (χ3n) is 3.30. The van der Waals surface area contributed by atoms with E-state index in [4.69, 9.17) is 4.74 Å². The van der Waals surface area contributed by atoms with Crippen molar-refractivity contribution in [2.75, 3.05) is 13.2 Å². The second-order valence-corrected chi connectivity index (χ2v) is 5.44. The van der Waals surface area contributed by atoms with Crippen LogP contribution < -0.4 is 5.32 Å². The summed E-state index contributed by atoms with van der Waals surface area (Å²) in [7, 11) is 0. The Morgan fingerprint density at radius 3 is 3.06 bits per heavy atom. The molecule has 4 heteroatoms. The average molecular weight is 302 g/mol. The molecule has 0 aliphatic carbocycles. The Morgan fingerprint density at radius 1 is 1.59 bits per heavy atom. The fourth-order valence-electron chi connectivity index (χ4n) is 2.05. The molecule has 2 nitrogen and oxygen atoms in total. The Morgan fingerprint density at radius 2 is 2.41 bits per heavy atom. The molecule has 1 N–H and O–H groups in total. The minimum atomic E-state index is -0.165. The van der Waals surface area contributed by atoms with Crippen molar-refractivity contribution in [2.24, 2.45) is 5.92 Å². The zero-order chi connectivity index (χ0) is 12.3. The molecular formula is C13H17BrFNO. The molecule has 0 bridgehead atoms. The highest BCUT2D eigenvalue weighted by Gasteiger charge is 2.21. The molecule has 2 rings (SSSR count). The lowest BCUT2D eigenvalue weighted by Crippen LogP contribution is -2.33. The molecule has 1 fully saturated rings. The van der Waals surface area contributed by atoms with Crippen LogP contribution in [0, 0.1) is 11.7 Å². The van der Waals surface area contributed by atoms with Gasteiger partial charge in [0.25, 0.3) is 0 Å². The maximum atomic E-state index is 13.6. The molecule has 1 saturated heterocycles. The molecule has 1 aliphatic rings. The van der Waals surface area contributed by atoms with Crippen molar-refractivity contribution < 1.29 is 9.13 Å². The Labute approximate surface area is 110 Å². The van der Waals surface area contributed by atoms with Gasteiger partial charge in [-0.1, -0.05) is 22.0 Å². The summed E-state index contributed by atoms with van der Waals surface area (Å²) < 4.78 is 19.7. The molecule has 1 aromatic carbocycles. The first-order valence-electron chi connectivity index (χ1n) is 5.92. The van der Waals surface area contributed by atoms with Crippen molar-refractivity contribution in [3.8, 4) is 0 Å². The van der Waals surface area contributed by atoms with E-state index >= 15 is 0 Å². The third kappa shape index (κ3) is 3.50. The molecule has 1 heterocycles. The van der Waals surface area contributed by atoms with Crippen LogP contribution in [0.3, 0.4) is 0 Å². The maximum absolute atomic E-state index is 13.6. The molecule has 0 amide bonds. The van der Waals surface area contributed by atoms with E-state index in [1.165, 1.54) is 6.07 Å². The zero-order valence-electron chi connectivity index (χ0n) is 9.88. The number of ether oxygens (including phenoxy) is 1. The number of halogens is 2. The van der Waals surface area contributed by atoms with Gasteiger partial charge in [-0.2, -0.15) is 0 Å². The van der Waals surface area contributed by atoms with E-state index in [1.54, 1.807) is 0 Å². The molecule has 17 heavy (non-hydrogen) atoms. The lowest BCUT2D eigenvalue weighted by Gasteiger charge is -2.19. The fraction of sp³-hybridized carbons (Fsp3) is 0.538. The Hall–Kier alpha value is -0.450. The van der Waals surface area contributed by atoms with Crippen LogP contribution in [0.25, 0.3) is 0 Å². The van der Waals surface area contributed by atoms with Gasteiger partial charge in [-0.25, -0.2) is 4.39 Å². The highest BCUT2D eigenvalue weighted by Crippen LogP contribution is 2.18. The van der Waals surface area contributed by atoms with Gasteiger partial charge in [-0.3, -0.25) is 0 Å². The van der Waals surface area contributed by atoms with Gasteiger partial charge in [0.2, 0.25) is 0 Å². The Bertz CT molecular complexity index is 380. The smallest absolute Gasteiger partial charge is 0.128 e. The van der Waals surface area contributed by atoms with Crippen molar-refractivity contribution in [1.29, 1.82) is 0 Å². The minimum absolute atomic E-state index is 0.165. The van der Waals surface area contributed by atoms with Crippen LogP contribution in [0.4, 0.5) is 4.39 Å². The molecule has 94 valence electrons. The molecule has 2 atom stereocenters. The van der Waals surface area contributed by atoms with Crippen LogP contribution in [0.15, 0.2) is 22.7 Å². The summed E-state index contributed by atoms with van der Waals surface area (Å²) in [6.45, 7) is 4.37. The van der Waals surface area contributed by atoms with Gasteiger partial charge in [0.1, 0.15) is 5.82 Å². The standard InChI is InChI=1S/C13H17BrFNO/c1-9(11-4-5-17-8-11)16-7-10-2-3-12(14)6-13(10)15/h2-3,6,9,11,16H,4-5,7-8H2,1H3. The zero-order valence-corrected chi connectivity index (χ0v) is 11.5. The first-order valence-corrected chi connectivity index (χ1v) is 6.71. The van der Waals surface area contributed by atoms with Crippen LogP contribution in [0.1, 0.15) is 18.9 Å². The lowest BCUT2D eigenvalue weighted by atomic mass is 10.0. The molecular weight excluding hydrogens is 285 g/mol. The molecule has 0 radical (unpaired) electrons. The van der Waals surface area contributed by atoms with Crippen LogP contribution >= 0.6 is 15.9 Å². The number of hydrogen-bond donors (Lipinski definition) is 1. The van der Waals surface area contributed by atoms with Gasteiger partial charge < -0.3 is 10.1 Å². The van der Waals surface area contributed by atoms with Gasteiger partial charge in [0, 0.05) is 29.2 Å². The second kappa shape index (κ2) is 5.94. The van der Waals surface area contributed by atoms with Crippen LogP contribution in [-0.4, -0.2) is 19.3 Å². The molecule has 0 aromatic heterocycles. The normalized spacial score (nSPS) is 21.7. The van der Waals surface area contributed by atoms with Gasteiger partial charge in [0.05, 0.1) is 6.61 Å². The van der Waals surface area contributed by atoms with E-state index < -0.39 is 0 Å². The largest absolute Gasteiger partial charge is 0.381 e. The van der Waals surface area contributed by atoms with Crippen molar-refractivity contribution >= 4 is 15.9 Å². The van der Waals surface area contributed by atoms with E-state index in [0.717, 1.165) is 24.1 Å². The van der Waals surface area contributed by atoms with E-state index in [-0.39, 0.29) is 5.82 Å². The monoisotopic (exact) mass is 301 g/mol. The predicted molar refractivity (Wildman–Crippen MR) is 69.3 cm³/mol. The van der Waals surface area contributed by atoms with Crippen molar-refractivity contribution in [3.05, 3.63) is 34.1 Å². The highest BCUT2D eigenvalue weighted by molar-refractivity contribution is 9.10. The summed E-state index contributed by atoms with van der Waals surface area (Å²) in [5.41, 5.74) is 0.707. The van der Waals surface area contributed by atoms with Gasteiger partial charge >= 0.3 is 0 Å². The summed E-state index contributed by atoms with van der Waals surface area (Å²) in [6.07, 6.45) is 1.09. The van der Waals surface area contributed by atoms with Crippen LogP contribution in [-0.2, 0) is 11.3 Å². The van der Waals surface area contributed by atoms with Gasteiger partial charge in [-0.15, -0.1) is 0 Å². The molecule has 2 unspecified atom stereocenters. The summed E-state index contributed by atoms with van der Waals surface area (Å²) in [4.78, 5) is 0. The summed E-state index contributed by atoms with van der Waals surface area (Å²) >= 11 is 3.25. The van der Waals surface area contributed by atoms with E-state index in [0.29, 0.717) is 24.1 Å². The third-order valence-corrected chi connectivity index (χ3v) is 3.79. The second-order valence-electron chi connectivity index (χ2n) is 4.53. The van der Waals surface area contributed by atoms with Crippen molar-refractivity contribution in [2.45, 2.75) is 25.9 Å². The fourth-order valence-corrected chi connectivity index (χ4v) is 2.38. The molecule has 0 spiro atoms. The molecule has 1 aliphatic heterocycles. The topological polar surface area (TPSA) is 21.3 Å². The van der Waals surface area contributed by atoms with Crippen LogP contribution in [0.2, 0.25) is 0 Å². The Kier molecular flexibility index (Phi) is 4.54. The maximum Gasteiger partial charge on any atom is 0.128 e. The number of benzene rings is 1. The SMILES string of the molecule is CC(NCc1ccc(Br)cc1F)C1CCOC1. The number of hydrogen-bond acceptors (Lipinski definition) is 2. The average Bonchev–Trinajstić information content (AvgIpc) is 2.81. The number of nitrogens with one attached hydrogen (secondary N) is 1. The molecule has 1 aromatic rings. The van der Waals surface area contributed by atoms with Gasteiger partial charge in [-0.05, 0) is 31.4 Å². The molecule has 0 saturated carbocycles. The Balaban J connectivity index is 1.88. The van der Waals surface area contributed by atoms with Gasteiger partial charge in [0.15, 0.2) is 0 Å². The lowest BCUT2D eigenvalue weighted by molar-refractivity contribution is 0.178. The van der Waals surface area contributed by atoms with Crippen molar-refractivity contribution in [1.82, 2.24) is 5.32 Å². The summed E-state index contributed by atoms with van der Waals surface area (Å²) in [5.74, 6) is 0.384. The van der Waals surface area contributed by atoms with E-state index in [2.05, 4.69) is 28.2 Å². The first kappa shape index (κ1) is 13.0. The summed E-state index contributed by atoms with van der Waals surface area (Å²) in [5, 5.41) is 3.37. The first-order chi connectivity index (χ1) is 8.16.